The third-order valence-corrected chi connectivity index (χ3v) is 8.65. The summed E-state index contributed by atoms with van der Waals surface area (Å²) in [6, 6.07) is 7.82. The molecule has 13 nitrogen and oxygen atoms in total. The van der Waals surface area contributed by atoms with Crippen molar-refractivity contribution < 1.29 is 93.0 Å². The predicted molar refractivity (Wildman–Crippen MR) is 323 cm³/mol. The number of benzene rings is 2. The summed E-state index contributed by atoms with van der Waals surface area (Å²) in [4.78, 5) is 106. The van der Waals surface area contributed by atoms with E-state index in [-0.39, 0.29) is 83.7 Å². The molecule has 0 N–H and O–H groups in total. The Bertz CT molecular complexity index is 4660. The summed E-state index contributed by atoms with van der Waals surface area (Å²) in [5.74, 6) is -6.99. The van der Waals surface area contributed by atoms with Gasteiger partial charge in [-0.25, -0.2) is 9.80 Å². The predicted octanol–water partition coefficient (Wildman–Crippen LogP) is 14.8. The largest absolute Gasteiger partial charge is 0.457 e. The first-order valence-electron chi connectivity index (χ1n) is 20.1. The number of fused-ring (bicyclic) bond motifs is 2. The van der Waals surface area contributed by atoms with Gasteiger partial charge in [-0.15, -0.1) is 0 Å². The minimum absolute atomic E-state index is 0. The van der Waals surface area contributed by atoms with Crippen LogP contribution in [-0.4, -0.2) is 73.5 Å². The number of amides is 8. The maximum absolute atomic E-state index is 13.8. The second kappa shape index (κ2) is 25.4. The Morgan fingerprint density at radius 3 is 1.07 bits per heavy atom. The van der Waals surface area contributed by atoms with Crippen molar-refractivity contribution in [2.45, 2.75) is 0 Å². The number of nitrogens with zero attached hydrogens (tertiary/aromatic N) is 4. The molecule has 2 aromatic rings. The van der Waals surface area contributed by atoms with Crippen LogP contribution in [0.5, 0.6) is 11.5 Å². The van der Waals surface area contributed by atoms with Gasteiger partial charge in [-0.3, -0.25) is 48.2 Å². The Morgan fingerprint density at radius 1 is 0.365 bits per heavy atom. The zero-order valence-corrected chi connectivity index (χ0v) is 37.2. The van der Waals surface area contributed by atoms with Gasteiger partial charge in [-0.2, -0.15) is 0 Å². The summed E-state index contributed by atoms with van der Waals surface area (Å²) < 4.78 is 5.89. The topological polar surface area (TPSA) is 159 Å². The van der Waals surface area contributed by atoms with E-state index in [1.54, 1.807) is 0 Å². The Labute approximate surface area is 468 Å². The average Bonchev–Trinajstić information content (AvgIpc) is 4.06. The van der Waals surface area contributed by atoms with E-state index in [0.29, 0.717) is 9.80 Å². The van der Waals surface area contributed by atoms with E-state index >= 15 is 0 Å². The minimum atomic E-state index is -0.957. The van der Waals surface area contributed by atoms with Gasteiger partial charge in [0.1, 0.15) is 18.2 Å². The van der Waals surface area contributed by atoms with Crippen LogP contribution in [0.2, 0.25) is 0 Å². The zero-order valence-electron chi connectivity index (χ0n) is 37.2. The molecule has 0 unspecified atom stereocenters. The summed E-state index contributed by atoms with van der Waals surface area (Å²) >= 11 is 0. The van der Waals surface area contributed by atoms with Crippen molar-refractivity contribution in [1.82, 2.24) is 19.6 Å². The maximum atomic E-state index is 13.8. The normalized spacial score (nSPS) is 11.4. The van der Waals surface area contributed by atoms with Crippen LogP contribution in [0.15, 0.2) is 268 Å². The highest BCUT2D eigenvalue weighted by atomic mass is 16.5. The average molecular weight is 1020 g/mol. The van der Waals surface area contributed by atoms with E-state index in [1.165, 1.54) is 36.4 Å². The third-order valence-electron chi connectivity index (χ3n) is 8.65. The molecule has 4 aliphatic rings. The van der Waals surface area contributed by atoms with E-state index in [0.717, 1.165) is 34.1 Å². The summed E-state index contributed by atoms with van der Waals surface area (Å²) in [6.07, 6.45) is 3.92. The van der Waals surface area contributed by atoms with Gasteiger partial charge >= 0.3 is 0 Å². The summed E-state index contributed by atoms with van der Waals surface area (Å²) in [5.41, 5.74) is 83.1. The first-order valence-corrected chi connectivity index (χ1v) is 20.1. The summed E-state index contributed by atoms with van der Waals surface area (Å²) in [7, 11) is 0. The smallest absolute Gasteiger partial charge is 0.267 e. The molecule has 6 rings (SSSR count). The van der Waals surface area contributed by atoms with Crippen LogP contribution in [0.3, 0.4) is 0 Å². The molecule has 0 aliphatic carbocycles. The molecule has 0 bridgehead atoms. The lowest BCUT2D eigenvalue weighted by Gasteiger charge is -2.22. The highest BCUT2D eigenvalue weighted by molar-refractivity contribution is 6.24. The molecule has 0 spiro atoms. The fourth-order valence-corrected chi connectivity index (χ4v) is 5.68. The number of rotatable bonds is 6. The van der Waals surface area contributed by atoms with Crippen LogP contribution < -0.4 is 4.74 Å². The van der Waals surface area contributed by atoms with Crippen molar-refractivity contribution >= 4 is 47.3 Å². The molecule has 0 radical (unpaired) electrons. The van der Waals surface area contributed by atoms with Gasteiger partial charge in [0.15, 0.2) is 5.82 Å². The van der Waals surface area contributed by atoms with Crippen LogP contribution in [-0.2, 0) is 19.2 Å². The Balaban J connectivity index is -0.0000000637. The highest BCUT2D eigenvalue weighted by Gasteiger charge is 2.44. The molecule has 4 heterocycles. The molecule has 0 atom stereocenters. The fraction of sp³-hybridized carbons (Fsp3) is 0.0164. The van der Waals surface area contributed by atoms with Gasteiger partial charge in [0.25, 0.3) is 47.3 Å². The SMILES string of the molecule is C=C=C=C=C=C=C=C=C=C=C=C=C=C=C=C=C=C=C=C=C=C=C=C=C=C=C=C=C=C=C=C=C=C=C=C(N1C(=O)C=CC1=O)N1C(=O)c2ccc(Oc3ccc4c(c3)C(=O)N(CN3C(=O)C=CC3=O)C4=O)cc2C1=O.[HH].[HH].[HH].[HH].[HH].[HH].[HH].[HH].[HH].[HH].[HH].[HH].[HH].[HH].[HH].[HH].[HH].[HH].[HH].[HH].[HH].[HH].[HH].[HH].[HH].[HH].[HH].[HH].[HH].[HH].[HH].[HH].[HH].[HH].[HH]. The van der Waals surface area contributed by atoms with E-state index in [1.807, 2.05) is 0 Å². The lowest BCUT2D eigenvalue weighted by atomic mass is 10.1. The Hall–Kier alpha value is -13.5. The maximum Gasteiger partial charge on any atom is 0.267 e. The van der Waals surface area contributed by atoms with E-state index in [9.17, 15) is 38.4 Å². The second-order valence-corrected chi connectivity index (χ2v) is 13.1. The minimum Gasteiger partial charge on any atom is -0.457 e. The molecule has 0 aromatic heterocycles. The number of imide groups is 4. The number of ether oxygens (including phenoxy) is 1. The van der Waals surface area contributed by atoms with Crippen LogP contribution in [0.4, 0.5) is 0 Å². The lowest BCUT2D eigenvalue weighted by molar-refractivity contribution is -0.138. The van der Waals surface area contributed by atoms with Crippen LogP contribution >= 0.6 is 0 Å². The first kappa shape index (κ1) is 50.0. The number of hydrogen-bond donors (Lipinski definition) is 0. The van der Waals surface area contributed by atoms with Gasteiger partial charge in [0.2, 0.25) is 0 Å². The van der Waals surface area contributed by atoms with Gasteiger partial charge in [-0.05, 0) is 140 Å². The Kier molecular flexibility index (Phi) is 17.2. The molecular weight excluding hydrogens is 933 g/mol. The van der Waals surface area contributed by atoms with E-state index < -0.39 is 59.7 Å². The van der Waals surface area contributed by atoms with E-state index in [2.05, 4.69) is 201 Å². The number of carbonyl (C=O) groups excluding carboxylic acids is 8. The molecule has 74 heavy (non-hydrogen) atoms. The number of hydrogen-bond acceptors (Lipinski definition) is 9. The summed E-state index contributed by atoms with van der Waals surface area (Å²) in [6.45, 7) is 2.72. The van der Waals surface area contributed by atoms with E-state index in [4.69, 9.17) is 4.74 Å². The molecule has 8 amide bonds. The van der Waals surface area contributed by atoms with Gasteiger partial charge in [0.05, 0.1) is 22.3 Å². The molecule has 0 saturated carbocycles. The number of carbonyl (C=O) groups is 8. The van der Waals surface area contributed by atoms with Crippen molar-refractivity contribution in [3.63, 3.8) is 0 Å². The van der Waals surface area contributed by atoms with Gasteiger partial charge in [-0.1, -0.05) is 5.73 Å². The molecule has 402 valence electrons. The molecule has 2 aromatic carbocycles. The monoisotopic (exact) mass is 1020 g/mol. The van der Waals surface area contributed by atoms with Crippen molar-refractivity contribution in [3.05, 3.63) is 290 Å². The van der Waals surface area contributed by atoms with Crippen molar-refractivity contribution in [1.29, 1.82) is 0 Å². The van der Waals surface area contributed by atoms with Crippen LogP contribution in [0.25, 0.3) is 0 Å². The van der Waals surface area contributed by atoms with Crippen LogP contribution in [0.1, 0.15) is 91.4 Å². The molecular formula is C61H84N4O9. The highest BCUT2D eigenvalue weighted by Crippen LogP contribution is 2.34. The van der Waals surface area contributed by atoms with Crippen molar-refractivity contribution in [3.8, 4) is 11.5 Å². The standard InChI is InChI=1S/C61H14N4O9.35H2/c1-2-3-4-5-6-7-8-9-10-11-12-13-14-15-16-17-18-19-20-21-22-23-24-25-26-27-28-29-30-31-32-33-34-35-53(64-56(68)42-43-57(64)69)65-60(72)50-39-37-48(45-52(50)61(65)73)74-47-36-38-49-51(44-47)59(71)63(58(49)70)46-62-54(66)40-41-55(62)67;;;;;;;;;;;;;;;;;;;;;;;;;;;;;;;;;;;/h36-45H,1,46H2;35*1H. The van der Waals surface area contributed by atoms with Crippen molar-refractivity contribution in [2.75, 3.05) is 6.67 Å². The summed E-state index contributed by atoms with van der Waals surface area (Å²) in [5, 5.41) is 0. The molecule has 0 saturated heterocycles. The van der Waals surface area contributed by atoms with Gasteiger partial charge in [0, 0.05) is 166 Å². The second-order valence-electron chi connectivity index (χ2n) is 13.1. The third kappa shape index (κ3) is 13.1. The van der Waals surface area contributed by atoms with Crippen molar-refractivity contribution in [2.24, 2.45) is 0 Å². The first-order chi connectivity index (χ1) is 36.1. The zero-order chi connectivity index (χ0) is 52.5. The molecule has 13 heteroatoms. The Morgan fingerprint density at radius 2 is 0.676 bits per heavy atom. The quantitative estimate of drug-likeness (QED) is 0.203. The van der Waals surface area contributed by atoms with Gasteiger partial charge < -0.3 is 4.74 Å². The lowest BCUT2D eigenvalue weighted by Crippen LogP contribution is -2.43. The van der Waals surface area contributed by atoms with Crippen LogP contribution in [0, 0.1) is 0 Å². The molecule has 4 aliphatic heterocycles. The fourth-order valence-electron chi connectivity index (χ4n) is 5.68. The molecule has 0 fully saturated rings.